The molecule has 8 heteroatoms. The zero-order chi connectivity index (χ0) is 15.5. The highest BCUT2D eigenvalue weighted by molar-refractivity contribution is 6.33. The maximum absolute atomic E-state index is 11.9. The number of anilines is 1. The first kappa shape index (κ1) is 15.4. The van der Waals surface area contributed by atoms with Crippen molar-refractivity contribution in [1.29, 1.82) is 0 Å². The smallest absolute Gasteiger partial charge is 0.224 e. The van der Waals surface area contributed by atoms with Crippen LogP contribution in [0.3, 0.4) is 0 Å². The Morgan fingerprint density at radius 1 is 1.48 bits per heavy atom. The van der Waals surface area contributed by atoms with Gasteiger partial charge in [-0.25, -0.2) is 4.68 Å². The first-order valence-electron chi connectivity index (χ1n) is 6.47. The number of benzene rings is 1. The molecule has 2 aromatic rings. The van der Waals surface area contributed by atoms with Gasteiger partial charge < -0.3 is 11.1 Å². The summed E-state index contributed by atoms with van der Waals surface area (Å²) in [5.74, 6) is -0.135. The van der Waals surface area contributed by atoms with E-state index < -0.39 is 0 Å². The quantitative estimate of drug-likeness (QED) is 0.877. The van der Waals surface area contributed by atoms with Crippen LogP contribution < -0.4 is 11.1 Å². The van der Waals surface area contributed by atoms with E-state index >= 15 is 0 Å². The lowest BCUT2D eigenvalue weighted by Gasteiger charge is -2.17. The Labute approximate surface area is 127 Å². The van der Waals surface area contributed by atoms with Crippen LogP contribution in [0.5, 0.6) is 0 Å². The molecule has 1 heterocycles. The van der Waals surface area contributed by atoms with Crippen LogP contribution in [0.2, 0.25) is 5.02 Å². The molecular weight excluding hydrogens is 292 g/mol. The number of halogens is 1. The van der Waals surface area contributed by atoms with Gasteiger partial charge in [-0.05, 0) is 48.9 Å². The summed E-state index contributed by atoms with van der Waals surface area (Å²) in [5, 5.41) is 14.1. The maximum Gasteiger partial charge on any atom is 0.224 e. The van der Waals surface area contributed by atoms with Gasteiger partial charge in [0.05, 0.1) is 16.4 Å². The van der Waals surface area contributed by atoms with Crippen molar-refractivity contribution in [2.24, 2.45) is 5.73 Å². The summed E-state index contributed by atoms with van der Waals surface area (Å²) < 4.78 is 1.48. The topological polar surface area (TPSA) is 98.7 Å². The molecule has 3 N–H and O–H groups in total. The summed E-state index contributed by atoms with van der Waals surface area (Å²) in [5.41, 5.74) is 6.71. The number of carbonyl (C=O) groups is 1. The van der Waals surface area contributed by atoms with Crippen molar-refractivity contribution < 1.29 is 4.79 Å². The Hall–Kier alpha value is -1.99. The Morgan fingerprint density at radius 2 is 2.24 bits per heavy atom. The highest BCUT2D eigenvalue weighted by atomic mass is 35.5. The van der Waals surface area contributed by atoms with Gasteiger partial charge in [0, 0.05) is 12.0 Å². The fourth-order valence-electron chi connectivity index (χ4n) is 1.68. The second-order valence-electron chi connectivity index (χ2n) is 5.46. The SMILES string of the molecule is CC(C)(N)CCC(=O)Nc1cc(-n2cnnn2)ccc1Cl. The molecule has 1 amide bonds. The average Bonchev–Trinajstić information content (AvgIpc) is 2.92. The average molecular weight is 309 g/mol. The standard InChI is InChI=1S/C13H17ClN6O/c1-13(2,15)6-5-12(21)17-11-7-9(3-4-10(11)14)20-8-16-18-19-20/h3-4,7-8H,5-6,15H2,1-2H3,(H,17,21). The van der Waals surface area contributed by atoms with Crippen LogP contribution in [0.1, 0.15) is 26.7 Å². The lowest BCUT2D eigenvalue weighted by Crippen LogP contribution is -2.33. The molecule has 0 radical (unpaired) electrons. The number of nitrogens with zero attached hydrogens (tertiary/aromatic N) is 4. The molecule has 0 aliphatic heterocycles. The molecule has 0 saturated carbocycles. The Morgan fingerprint density at radius 3 is 2.86 bits per heavy atom. The van der Waals surface area contributed by atoms with Crippen LogP contribution in [0.25, 0.3) is 5.69 Å². The Bertz CT molecular complexity index is 620. The number of hydrogen-bond acceptors (Lipinski definition) is 5. The Balaban J connectivity index is 2.09. The highest BCUT2D eigenvalue weighted by Crippen LogP contribution is 2.25. The third-order valence-corrected chi connectivity index (χ3v) is 3.16. The molecule has 1 aromatic carbocycles. The number of aromatic nitrogens is 4. The fourth-order valence-corrected chi connectivity index (χ4v) is 1.84. The van der Waals surface area contributed by atoms with Gasteiger partial charge in [0.2, 0.25) is 5.91 Å². The minimum Gasteiger partial charge on any atom is -0.326 e. The van der Waals surface area contributed by atoms with Gasteiger partial charge in [-0.2, -0.15) is 0 Å². The number of tetrazole rings is 1. The molecule has 0 fully saturated rings. The number of nitrogens with two attached hydrogens (primary N) is 1. The molecule has 2 rings (SSSR count). The van der Waals surface area contributed by atoms with E-state index in [4.69, 9.17) is 17.3 Å². The predicted octanol–water partition coefficient (Wildman–Crippen LogP) is 1.77. The van der Waals surface area contributed by atoms with Crippen molar-refractivity contribution in [3.05, 3.63) is 29.5 Å². The van der Waals surface area contributed by atoms with Crippen molar-refractivity contribution in [3.63, 3.8) is 0 Å². The molecule has 0 atom stereocenters. The van der Waals surface area contributed by atoms with E-state index in [-0.39, 0.29) is 11.4 Å². The molecule has 21 heavy (non-hydrogen) atoms. The largest absolute Gasteiger partial charge is 0.326 e. The molecule has 0 aliphatic carbocycles. The monoisotopic (exact) mass is 308 g/mol. The van der Waals surface area contributed by atoms with Gasteiger partial charge in [0.15, 0.2) is 0 Å². The van der Waals surface area contributed by atoms with E-state index in [9.17, 15) is 4.79 Å². The molecule has 0 bridgehead atoms. The first-order valence-corrected chi connectivity index (χ1v) is 6.84. The fraction of sp³-hybridized carbons (Fsp3) is 0.385. The summed E-state index contributed by atoms with van der Waals surface area (Å²) >= 11 is 6.09. The normalized spacial score (nSPS) is 11.4. The lowest BCUT2D eigenvalue weighted by molar-refractivity contribution is -0.116. The molecule has 1 aromatic heterocycles. The summed E-state index contributed by atoms with van der Waals surface area (Å²) in [7, 11) is 0. The highest BCUT2D eigenvalue weighted by Gasteiger charge is 2.14. The van der Waals surface area contributed by atoms with E-state index in [0.717, 1.165) is 0 Å². The molecule has 0 saturated heterocycles. The van der Waals surface area contributed by atoms with Gasteiger partial charge in [0.1, 0.15) is 6.33 Å². The van der Waals surface area contributed by atoms with Gasteiger partial charge in [-0.1, -0.05) is 11.6 Å². The minimum atomic E-state index is -0.380. The number of amides is 1. The van der Waals surface area contributed by atoms with Crippen LogP contribution in [-0.4, -0.2) is 31.7 Å². The number of rotatable bonds is 5. The van der Waals surface area contributed by atoms with E-state index in [1.165, 1.54) is 11.0 Å². The minimum absolute atomic E-state index is 0.135. The molecule has 0 spiro atoms. The second-order valence-corrected chi connectivity index (χ2v) is 5.86. The van der Waals surface area contributed by atoms with Gasteiger partial charge >= 0.3 is 0 Å². The number of nitrogens with one attached hydrogen (secondary N) is 1. The summed E-state index contributed by atoms with van der Waals surface area (Å²) in [4.78, 5) is 11.9. The third-order valence-electron chi connectivity index (χ3n) is 2.83. The molecule has 7 nitrogen and oxygen atoms in total. The molecular formula is C13H17ClN6O. The van der Waals surface area contributed by atoms with Crippen molar-refractivity contribution in [1.82, 2.24) is 20.2 Å². The van der Waals surface area contributed by atoms with E-state index in [2.05, 4.69) is 20.8 Å². The van der Waals surface area contributed by atoms with Crippen LogP contribution in [0.15, 0.2) is 24.5 Å². The van der Waals surface area contributed by atoms with Crippen molar-refractivity contribution in [2.45, 2.75) is 32.2 Å². The van der Waals surface area contributed by atoms with Gasteiger partial charge in [-0.3, -0.25) is 4.79 Å². The molecule has 112 valence electrons. The lowest BCUT2D eigenvalue weighted by atomic mass is 10.00. The van der Waals surface area contributed by atoms with Crippen LogP contribution >= 0.6 is 11.6 Å². The maximum atomic E-state index is 11.9. The number of hydrogen-bond donors (Lipinski definition) is 2. The zero-order valence-corrected chi connectivity index (χ0v) is 12.6. The summed E-state index contributed by atoms with van der Waals surface area (Å²) in [6, 6.07) is 5.16. The first-order chi connectivity index (χ1) is 9.85. The summed E-state index contributed by atoms with van der Waals surface area (Å²) in [6.45, 7) is 3.76. The van der Waals surface area contributed by atoms with Gasteiger partial charge in [0.25, 0.3) is 0 Å². The van der Waals surface area contributed by atoms with Crippen LogP contribution in [0.4, 0.5) is 5.69 Å². The predicted molar refractivity (Wildman–Crippen MR) is 80.3 cm³/mol. The van der Waals surface area contributed by atoms with E-state index in [1.807, 2.05) is 13.8 Å². The van der Waals surface area contributed by atoms with Crippen LogP contribution in [0, 0.1) is 0 Å². The van der Waals surface area contributed by atoms with Crippen molar-refractivity contribution in [2.75, 3.05) is 5.32 Å². The van der Waals surface area contributed by atoms with Crippen molar-refractivity contribution >= 4 is 23.2 Å². The van der Waals surface area contributed by atoms with Crippen molar-refractivity contribution in [3.8, 4) is 5.69 Å². The van der Waals surface area contributed by atoms with Gasteiger partial charge in [-0.15, -0.1) is 5.10 Å². The summed E-state index contributed by atoms with van der Waals surface area (Å²) in [6.07, 6.45) is 2.38. The third kappa shape index (κ3) is 4.51. The van der Waals surface area contributed by atoms with E-state index in [0.29, 0.717) is 29.2 Å². The zero-order valence-electron chi connectivity index (χ0n) is 11.9. The Kier molecular flexibility index (Phi) is 4.54. The van der Waals surface area contributed by atoms with E-state index in [1.54, 1.807) is 18.2 Å². The number of carbonyl (C=O) groups excluding carboxylic acids is 1. The molecule has 0 aliphatic rings. The molecule has 0 unspecified atom stereocenters. The second kappa shape index (κ2) is 6.19. The van der Waals surface area contributed by atoms with Crippen LogP contribution in [-0.2, 0) is 4.79 Å².